The molecule has 2 aliphatic heterocycles. The number of aliphatic carboxylic acids is 1. The number of nitrogens with two attached hydrogens (primary N) is 1. The highest BCUT2D eigenvalue weighted by Crippen LogP contribution is 2.18. The summed E-state index contributed by atoms with van der Waals surface area (Å²) in [6, 6.07) is -0.400. The lowest BCUT2D eigenvalue weighted by molar-refractivity contribution is -0.150. The molecular weight excluding hydrogens is 258 g/mol. The first-order valence-corrected chi connectivity index (χ1v) is 7.58. The van der Waals surface area contributed by atoms with Gasteiger partial charge >= 0.3 is 5.97 Å². The van der Waals surface area contributed by atoms with E-state index in [0.717, 1.165) is 45.2 Å². The average molecular weight is 283 g/mol. The van der Waals surface area contributed by atoms with Gasteiger partial charge in [-0.1, -0.05) is 12.8 Å². The van der Waals surface area contributed by atoms with Crippen LogP contribution in [0.2, 0.25) is 0 Å². The van der Waals surface area contributed by atoms with Crippen LogP contribution in [0.5, 0.6) is 0 Å². The molecule has 3 N–H and O–H groups in total. The molecule has 0 radical (unpaired) electrons. The Labute approximate surface area is 119 Å². The Hall–Kier alpha value is -1.14. The third-order valence-electron chi connectivity index (χ3n) is 4.35. The molecule has 0 bridgehead atoms. The Balaban J connectivity index is 1.93. The Kier molecular flexibility index (Phi) is 5.37. The molecule has 0 aromatic rings. The van der Waals surface area contributed by atoms with Gasteiger partial charge in [0, 0.05) is 25.7 Å². The van der Waals surface area contributed by atoms with Crippen LogP contribution in [-0.4, -0.2) is 65.0 Å². The number of amides is 1. The molecule has 1 unspecified atom stereocenters. The summed E-state index contributed by atoms with van der Waals surface area (Å²) < 4.78 is 0. The van der Waals surface area contributed by atoms with Crippen LogP contribution < -0.4 is 5.73 Å². The number of hydrogen-bond donors (Lipinski definition) is 2. The summed E-state index contributed by atoms with van der Waals surface area (Å²) in [7, 11) is 0. The quantitative estimate of drug-likeness (QED) is 0.776. The highest BCUT2D eigenvalue weighted by molar-refractivity contribution is 5.84. The first-order chi connectivity index (χ1) is 9.58. The molecule has 6 nitrogen and oxygen atoms in total. The summed E-state index contributed by atoms with van der Waals surface area (Å²) in [5.74, 6) is -0.921. The minimum absolute atomic E-state index is 0.0465. The van der Waals surface area contributed by atoms with Gasteiger partial charge in [0.1, 0.15) is 6.04 Å². The summed E-state index contributed by atoms with van der Waals surface area (Å²) in [5, 5.41) is 9.30. The number of nitrogens with zero attached hydrogens (tertiary/aromatic N) is 2. The van der Waals surface area contributed by atoms with Crippen LogP contribution in [-0.2, 0) is 9.59 Å². The van der Waals surface area contributed by atoms with E-state index in [4.69, 9.17) is 5.73 Å². The van der Waals surface area contributed by atoms with Gasteiger partial charge in [-0.15, -0.1) is 0 Å². The van der Waals surface area contributed by atoms with Crippen molar-refractivity contribution < 1.29 is 14.7 Å². The molecule has 1 atom stereocenters. The van der Waals surface area contributed by atoms with E-state index in [0.29, 0.717) is 19.5 Å². The lowest BCUT2D eigenvalue weighted by atomic mass is 10.1. The molecule has 6 heteroatoms. The number of hydrogen-bond acceptors (Lipinski definition) is 4. The van der Waals surface area contributed by atoms with E-state index in [1.165, 1.54) is 0 Å². The van der Waals surface area contributed by atoms with Gasteiger partial charge in [-0.3, -0.25) is 9.69 Å². The molecule has 2 fully saturated rings. The van der Waals surface area contributed by atoms with Crippen molar-refractivity contribution in [2.75, 3.05) is 26.2 Å². The van der Waals surface area contributed by atoms with Gasteiger partial charge in [0.2, 0.25) is 5.91 Å². The largest absolute Gasteiger partial charge is 0.480 e. The van der Waals surface area contributed by atoms with Crippen molar-refractivity contribution in [3.8, 4) is 0 Å². The van der Waals surface area contributed by atoms with E-state index in [1.54, 1.807) is 4.90 Å². The summed E-state index contributed by atoms with van der Waals surface area (Å²) >= 11 is 0. The minimum Gasteiger partial charge on any atom is -0.480 e. The summed E-state index contributed by atoms with van der Waals surface area (Å²) in [6.07, 6.45) is 5.20. The van der Waals surface area contributed by atoms with Gasteiger partial charge in [0.15, 0.2) is 0 Å². The second-order valence-corrected chi connectivity index (χ2v) is 5.90. The van der Waals surface area contributed by atoms with Gasteiger partial charge < -0.3 is 15.7 Å². The summed E-state index contributed by atoms with van der Waals surface area (Å²) in [6.45, 7) is 2.57. The zero-order valence-corrected chi connectivity index (χ0v) is 12.0. The number of carboxylic acids is 1. The van der Waals surface area contributed by atoms with Crippen LogP contribution in [0.3, 0.4) is 0 Å². The second kappa shape index (κ2) is 7.04. The fourth-order valence-electron chi connectivity index (χ4n) is 3.06. The van der Waals surface area contributed by atoms with Gasteiger partial charge in [0.25, 0.3) is 0 Å². The zero-order valence-electron chi connectivity index (χ0n) is 12.0. The molecule has 0 spiro atoms. The lowest BCUT2D eigenvalue weighted by Gasteiger charge is -2.33. The maximum Gasteiger partial charge on any atom is 0.326 e. The first kappa shape index (κ1) is 15.3. The third kappa shape index (κ3) is 3.93. The predicted molar refractivity (Wildman–Crippen MR) is 75.3 cm³/mol. The van der Waals surface area contributed by atoms with Crippen LogP contribution in [0.15, 0.2) is 0 Å². The minimum atomic E-state index is -0.874. The normalized spacial score (nSPS) is 26.2. The van der Waals surface area contributed by atoms with Crippen LogP contribution in [0.4, 0.5) is 0 Å². The van der Waals surface area contributed by atoms with Gasteiger partial charge in [-0.25, -0.2) is 4.79 Å². The SMILES string of the molecule is NC1CCN(CC(=O)N2CCCCCC2C(=O)O)CC1. The third-order valence-corrected chi connectivity index (χ3v) is 4.35. The Morgan fingerprint density at radius 2 is 1.75 bits per heavy atom. The molecule has 0 aromatic heterocycles. The number of carboxylic acid groups (broad SMARTS) is 1. The van der Waals surface area contributed by atoms with E-state index in [1.807, 2.05) is 0 Å². The first-order valence-electron chi connectivity index (χ1n) is 7.58. The molecule has 2 saturated heterocycles. The van der Waals surface area contributed by atoms with Crippen molar-refractivity contribution in [1.29, 1.82) is 0 Å². The topological polar surface area (TPSA) is 86.9 Å². The fourth-order valence-corrected chi connectivity index (χ4v) is 3.06. The van der Waals surface area contributed by atoms with E-state index in [2.05, 4.69) is 4.90 Å². The highest BCUT2D eigenvalue weighted by Gasteiger charge is 2.31. The second-order valence-electron chi connectivity index (χ2n) is 5.90. The Bertz CT molecular complexity index is 354. The van der Waals surface area contributed by atoms with Gasteiger partial charge in [-0.05, 0) is 25.7 Å². The molecule has 1 amide bonds. The van der Waals surface area contributed by atoms with Crippen molar-refractivity contribution >= 4 is 11.9 Å². The van der Waals surface area contributed by atoms with Gasteiger partial charge in [-0.2, -0.15) is 0 Å². The highest BCUT2D eigenvalue weighted by atomic mass is 16.4. The fraction of sp³-hybridized carbons (Fsp3) is 0.857. The maximum atomic E-state index is 12.4. The van der Waals surface area contributed by atoms with Crippen LogP contribution in [0.1, 0.15) is 38.5 Å². The summed E-state index contributed by atoms with van der Waals surface area (Å²) in [5.41, 5.74) is 5.85. The van der Waals surface area contributed by atoms with Crippen molar-refractivity contribution in [1.82, 2.24) is 9.80 Å². The van der Waals surface area contributed by atoms with E-state index in [-0.39, 0.29) is 11.9 Å². The summed E-state index contributed by atoms with van der Waals surface area (Å²) in [4.78, 5) is 27.4. The molecule has 20 heavy (non-hydrogen) atoms. The van der Waals surface area contributed by atoms with Crippen LogP contribution >= 0.6 is 0 Å². The van der Waals surface area contributed by atoms with Crippen LogP contribution in [0.25, 0.3) is 0 Å². The molecule has 2 heterocycles. The number of likely N-dealkylation sites (tertiary alicyclic amines) is 2. The zero-order chi connectivity index (χ0) is 14.5. The maximum absolute atomic E-state index is 12.4. The van der Waals surface area contributed by atoms with Gasteiger partial charge in [0.05, 0.1) is 6.54 Å². The number of piperidine rings is 1. The molecular formula is C14H25N3O3. The number of rotatable bonds is 3. The molecule has 114 valence electrons. The standard InChI is InChI=1S/C14H25N3O3/c15-11-5-8-16(9-6-11)10-13(18)17-7-3-1-2-4-12(17)14(19)20/h11-12H,1-10,15H2,(H,19,20). The van der Waals surface area contributed by atoms with Crippen molar-refractivity contribution in [3.63, 3.8) is 0 Å². The molecule has 0 saturated carbocycles. The molecule has 0 aromatic carbocycles. The molecule has 2 rings (SSSR count). The molecule has 2 aliphatic rings. The smallest absolute Gasteiger partial charge is 0.326 e. The average Bonchev–Trinajstić information content (AvgIpc) is 2.67. The van der Waals surface area contributed by atoms with E-state index >= 15 is 0 Å². The number of carbonyl (C=O) groups is 2. The van der Waals surface area contributed by atoms with Crippen LogP contribution in [0, 0.1) is 0 Å². The number of carbonyl (C=O) groups excluding carboxylic acids is 1. The Morgan fingerprint density at radius 3 is 2.40 bits per heavy atom. The van der Waals surface area contributed by atoms with E-state index in [9.17, 15) is 14.7 Å². The predicted octanol–water partition coefficient (Wildman–Crippen LogP) is 0.265. The lowest BCUT2D eigenvalue weighted by Crippen LogP contribution is -2.50. The monoisotopic (exact) mass is 283 g/mol. The Morgan fingerprint density at radius 1 is 1.05 bits per heavy atom. The molecule has 0 aliphatic carbocycles. The van der Waals surface area contributed by atoms with Crippen molar-refractivity contribution in [2.45, 2.75) is 50.6 Å². The van der Waals surface area contributed by atoms with Crippen molar-refractivity contribution in [3.05, 3.63) is 0 Å². The van der Waals surface area contributed by atoms with Crippen molar-refractivity contribution in [2.24, 2.45) is 5.73 Å². The van der Waals surface area contributed by atoms with E-state index < -0.39 is 12.0 Å².